The van der Waals surface area contributed by atoms with Crippen LogP contribution in [0.1, 0.15) is 84.0 Å². The van der Waals surface area contributed by atoms with Gasteiger partial charge in [-0.1, -0.05) is 71.1 Å². The molecule has 0 bridgehead atoms. The van der Waals surface area contributed by atoms with Crippen molar-refractivity contribution in [3.05, 3.63) is 0 Å². The van der Waals surface area contributed by atoms with Crippen LogP contribution in [0, 0.1) is 0 Å². The summed E-state index contributed by atoms with van der Waals surface area (Å²) in [5, 5.41) is 47.4. The number of carbonyl (C=O) groups is 1. The number of carbonyl (C=O) groups excluding carboxylic acids is 1. The van der Waals surface area contributed by atoms with Crippen molar-refractivity contribution in [2.45, 2.75) is 108 Å². The molecule has 0 aromatic rings. The lowest BCUT2D eigenvalue weighted by Crippen LogP contribution is -2.49. The van der Waals surface area contributed by atoms with E-state index in [-0.39, 0.29) is 12.5 Å². The van der Waals surface area contributed by atoms with Gasteiger partial charge in [-0.15, -0.1) is 0 Å². The van der Waals surface area contributed by atoms with Crippen molar-refractivity contribution in [3.8, 4) is 0 Å². The van der Waals surface area contributed by atoms with Crippen LogP contribution in [0.5, 0.6) is 0 Å². The molecule has 0 aliphatic carbocycles. The smallest absolute Gasteiger partial charge is 0.222 e. The van der Waals surface area contributed by atoms with Crippen LogP contribution in [-0.4, -0.2) is 81.0 Å². The average Bonchev–Trinajstić information content (AvgIpc) is 2.69. The van der Waals surface area contributed by atoms with Crippen molar-refractivity contribution in [2.75, 3.05) is 20.2 Å². The zero-order valence-electron chi connectivity index (χ0n) is 17.8. The Kier molecular flexibility index (Phi) is 16.7. The molecule has 7 heteroatoms. The quantitative estimate of drug-likeness (QED) is 0.221. The Morgan fingerprint density at radius 2 is 1.18 bits per heavy atom. The SMILES string of the molecule is CCCCCCCCCCCCCC(=O)N(C)C[C@H](O)[C@@H](O)[C@H](O)[C@H](O)CO. The number of nitrogens with zero attached hydrogens (tertiary/aromatic N) is 1. The van der Waals surface area contributed by atoms with Crippen LogP contribution in [0.2, 0.25) is 0 Å². The van der Waals surface area contributed by atoms with Crippen molar-refractivity contribution in [1.82, 2.24) is 4.90 Å². The Bertz CT molecular complexity index is 382. The Balaban J connectivity index is 3.78. The van der Waals surface area contributed by atoms with Crippen LogP contribution in [0.3, 0.4) is 0 Å². The fourth-order valence-electron chi connectivity index (χ4n) is 3.18. The maximum atomic E-state index is 12.1. The highest BCUT2D eigenvalue weighted by Gasteiger charge is 2.31. The molecule has 0 fully saturated rings. The molecule has 0 unspecified atom stereocenters. The summed E-state index contributed by atoms with van der Waals surface area (Å²) in [4.78, 5) is 13.4. The molecule has 0 aliphatic heterocycles. The number of hydrogen-bond donors (Lipinski definition) is 5. The molecule has 7 nitrogen and oxygen atoms in total. The Hall–Kier alpha value is -0.730. The first-order valence-electron chi connectivity index (χ1n) is 10.9. The van der Waals surface area contributed by atoms with Gasteiger partial charge >= 0.3 is 0 Å². The molecule has 0 spiro atoms. The van der Waals surface area contributed by atoms with E-state index >= 15 is 0 Å². The van der Waals surface area contributed by atoms with Crippen molar-refractivity contribution in [2.24, 2.45) is 0 Å². The number of rotatable bonds is 18. The molecule has 0 aliphatic rings. The lowest BCUT2D eigenvalue weighted by Gasteiger charge is -2.28. The molecule has 0 aromatic carbocycles. The number of unbranched alkanes of at least 4 members (excludes halogenated alkanes) is 10. The van der Waals surface area contributed by atoms with Crippen LogP contribution < -0.4 is 0 Å². The first kappa shape index (κ1) is 27.3. The summed E-state index contributed by atoms with van der Waals surface area (Å²) in [6.45, 7) is 1.36. The predicted octanol–water partition coefficient (Wildman–Crippen LogP) is 1.58. The standard InChI is InChI=1S/C21H43NO6/c1-3-4-5-6-7-8-9-10-11-12-13-14-19(26)22(2)15-17(24)20(27)21(28)18(25)16-23/h17-18,20-21,23-25,27-28H,3-16H2,1-2H3/t17-,18+,20+,21+/m0/s1. The van der Waals surface area contributed by atoms with E-state index in [2.05, 4.69) is 6.92 Å². The molecule has 0 saturated heterocycles. The van der Waals surface area contributed by atoms with Crippen LogP contribution >= 0.6 is 0 Å². The highest BCUT2D eigenvalue weighted by atomic mass is 16.4. The highest BCUT2D eigenvalue weighted by molar-refractivity contribution is 5.75. The minimum absolute atomic E-state index is 0.126. The maximum absolute atomic E-state index is 12.1. The molecule has 0 saturated carbocycles. The van der Waals surface area contributed by atoms with Crippen molar-refractivity contribution >= 4 is 5.91 Å². The second-order valence-corrected chi connectivity index (χ2v) is 7.86. The van der Waals surface area contributed by atoms with Gasteiger partial charge in [-0.3, -0.25) is 4.79 Å². The zero-order valence-corrected chi connectivity index (χ0v) is 17.8. The molecule has 0 rings (SSSR count). The summed E-state index contributed by atoms with van der Waals surface area (Å²) in [6, 6.07) is 0. The van der Waals surface area contributed by atoms with E-state index in [0.717, 1.165) is 19.3 Å². The van der Waals surface area contributed by atoms with E-state index in [1.54, 1.807) is 0 Å². The summed E-state index contributed by atoms with van der Waals surface area (Å²) < 4.78 is 0. The zero-order chi connectivity index (χ0) is 21.4. The number of hydrogen-bond acceptors (Lipinski definition) is 6. The van der Waals surface area contributed by atoms with Gasteiger partial charge in [-0.25, -0.2) is 0 Å². The van der Waals surface area contributed by atoms with E-state index < -0.39 is 31.0 Å². The summed E-state index contributed by atoms with van der Waals surface area (Å²) in [5.74, 6) is -0.126. The maximum Gasteiger partial charge on any atom is 0.222 e. The Labute approximate surface area is 170 Å². The number of amides is 1. The molecule has 28 heavy (non-hydrogen) atoms. The Morgan fingerprint density at radius 3 is 1.64 bits per heavy atom. The van der Waals surface area contributed by atoms with Gasteiger partial charge in [-0.2, -0.15) is 0 Å². The third kappa shape index (κ3) is 12.7. The normalized spacial score (nSPS) is 15.8. The molecule has 5 N–H and O–H groups in total. The predicted molar refractivity (Wildman–Crippen MR) is 110 cm³/mol. The molecular formula is C21H43NO6. The van der Waals surface area contributed by atoms with E-state index in [4.69, 9.17) is 5.11 Å². The summed E-state index contributed by atoms with van der Waals surface area (Å²) in [5.41, 5.74) is 0. The van der Waals surface area contributed by atoms with Gasteiger partial charge in [0.15, 0.2) is 0 Å². The van der Waals surface area contributed by atoms with Gasteiger partial charge in [0.05, 0.1) is 6.61 Å². The molecule has 4 atom stereocenters. The second kappa shape index (κ2) is 17.2. The van der Waals surface area contributed by atoms with Gasteiger partial charge in [0.2, 0.25) is 5.91 Å². The van der Waals surface area contributed by atoms with Crippen molar-refractivity contribution < 1.29 is 30.3 Å². The van der Waals surface area contributed by atoms with Crippen LogP contribution in [0.4, 0.5) is 0 Å². The third-order valence-electron chi connectivity index (χ3n) is 5.21. The first-order chi connectivity index (χ1) is 13.3. The van der Waals surface area contributed by atoms with Crippen LogP contribution in [0.25, 0.3) is 0 Å². The lowest BCUT2D eigenvalue weighted by atomic mass is 10.0. The largest absolute Gasteiger partial charge is 0.394 e. The van der Waals surface area contributed by atoms with Crippen LogP contribution in [-0.2, 0) is 4.79 Å². The fourth-order valence-corrected chi connectivity index (χ4v) is 3.18. The molecule has 0 heterocycles. The summed E-state index contributed by atoms with van der Waals surface area (Å²) >= 11 is 0. The Morgan fingerprint density at radius 1 is 0.750 bits per heavy atom. The molecule has 168 valence electrons. The minimum Gasteiger partial charge on any atom is -0.394 e. The number of likely N-dealkylation sites (N-methyl/N-ethyl adjacent to an activating group) is 1. The topological polar surface area (TPSA) is 121 Å². The highest BCUT2D eigenvalue weighted by Crippen LogP contribution is 2.13. The minimum atomic E-state index is -1.67. The third-order valence-corrected chi connectivity index (χ3v) is 5.21. The number of aliphatic hydroxyl groups is 5. The molecule has 1 amide bonds. The average molecular weight is 406 g/mol. The molecular weight excluding hydrogens is 362 g/mol. The first-order valence-corrected chi connectivity index (χ1v) is 10.9. The van der Waals surface area contributed by atoms with E-state index in [1.165, 1.54) is 63.3 Å². The van der Waals surface area contributed by atoms with Crippen molar-refractivity contribution in [3.63, 3.8) is 0 Å². The summed E-state index contributed by atoms with van der Waals surface area (Å²) in [7, 11) is 1.53. The van der Waals surface area contributed by atoms with E-state index in [0.29, 0.717) is 6.42 Å². The monoisotopic (exact) mass is 405 g/mol. The lowest BCUT2D eigenvalue weighted by molar-refractivity contribution is -0.138. The fraction of sp³-hybridized carbons (Fsp3) is 0.952. The van der Waals surface area contributed by atoms with Crippen LogP contribution in [0.15, 0.2) is 0 Å². The molecule has 0 radical (unpaired) electrons. The van der Waals surface area contributed by atoms with E-state index in [9.17, 15) is 25.2 Å². The van der Waals surface area contributed by atoms with E-state index in [1.807, 2.05) is 0 Å². The van der Waals surface area contributed by atoms with Gasteiger partial charge in [0.1, 0.15) is 24.4 Å². The van der Waals surface area contributed by atoms with Gasteiger partial charge < -0.3 is 30.4 Å². The van der Waals surface area contributed by atoms with Gasteiger partial charge in [0.25, 0.3) is 0 Å². The molecule has 0 aromatic heterocycles. The number of aliphatic hydroxyl groups excluding tert-OH is 5. The summed E-state index contributed by atoms with van der Waals surface area (Å²) in [6.07, 6.45) is 7.43. The van der Waals surface area contributed by atoms with Crippen molar-refractivity contribution in [1.29, 1.82) is 0 Å². The van der Waals surface area contributed by atoms with Gasteiger partial charge in [-0.05, 0) is 6.42 Å². The second-order valence-electron chi connectivity index (χ2n) is 7.86. The van der Waals surface area contributed by atoms with Gasteiger partial charge in [0, 0.05) is 20.0 Å².